The monoisotopic (exact) mass is 460 g/mol. The van der Waals surface area contributed by atoms with Crippen LogP contribution in [0.1, 0.15) is 113 Å². The Labute approximate surface area is 203 Å². The minimum atomic E-state index is -0.736. The van der Waals surface area contributed by atoms with E-state index in [0.717, 1.165) is 24.8 Å². The molecular formula is C30H52O3. The molecule has 0 spiro atoms. The van der Waals surface area contributed by atoms with E-state index in [1.54, 1.807) is 0 Å². The lowest BCUT2D eigenvalue weighted by atomic mass is 9.35. The van der Waals surface area contributed by atoms with Crippen LogP contribution in [-0.4, -0.2) is 33.1 Å². The van der Waals surface area contributed by atoms with E-state index in [2.05, 4.69) is 41.2 Å². The normalized spacial score (nSPS) is 49.3. The van der Waals surface area contributed by atoms with E-state index in [1.807, 2.05) is 13.8 Å². The predicted octanol–water partition coefficient (Wildman–Crippen LogP) is 6.50. The van der Waals surface area contributed by atoms with Crippen molar-refractivity contribution in [1.82, 2.24) is 0 Å². The van der Waals surface area contributed by atoms with Crippen molar-refractivity contribution in [1.29, 1.82) is 0 Å². The number of aliphatic hydroxyl groups is 3. The fourth-order valence-electron chi connectivity index (χ4n) is 10.3. The molecule has 4 aliphatic carbocycles. The fourth-order valence-corrected chi connectivity index (χ4v) is 10.3. The molecule has 0 radical (unpaired) electrons. The van der Waals surface area contributed by atoms with Gasteiger partial charge in [-0.3, -0.25) is 0 Å². The van der Waals surface area contributed by atoms with Gasteiger partial charge in [0.05, 0.1) is 17.8 Å². The Morgan fingerprint density at radius 1 is 0.939 bits per heavy atom. The van der Waals surface area contributed by atoms with Crippen molar-refractivity contribution in [2.45, 2.75) is 130 Å². The first-order valence-electron chi connectivity index (χ1n) is 13.8. The predicted molar refractivity (Wildman–Crippen MR) is 136 cm³/mol. The Hall–Kier alpha value is -0.380. The van der Waals surface area contributed by atoms with Gasteiger partial charge in [-0.15, -0.1) is 0 Å². The summed E-state index contributed by atoms with van der Waals surface area (Å²) in [6.07, 6.45) is 9.91. The summed E-state index contributed by atoms with van der Waals surface area (Å²) in [5.74, 6) is 2.16. The maximum atomic E-state index is 11.6. The lowest BCUT2D eigenvalue weighted by Gasteiger charge is -2.70. The molecule has 0 aliphatic heterocycles. The van der Waals surface area contributed by atoms with Crippen LogP contribution in [0.15, 0.2) is 12.2 Å². The van der Waals surface area contributed by atoms with Crippen molar-refractivity contribution in [3.05, 3.63) is 12.2 Å². The molecule has 4 aliphatic rings. The summed E-state index contributed by atoms with van der Waals surface area (Å²) in [7, 11) is 0. The quantitative estimate of drug-likeness (QED) is 0.410. The van der Waals surface area contributed by atoms with Crippen LogP contribution in [0.2, 0.25) is 0 Å². The van der Waals surface area contributed by atoms with E-state index in [1.165, 1.54) is 32.1 Å². The van der Waals surface area contributed by atoms with Gasteiger partial charge in [-0.25, -0.2) is 0 Å². The molecule has 10 atom stereocenters. The van der Waals surface area contributed by atoms with E-state index < -0.39 is 11.7 Å². The molecule has 0 unspecified atom stereocenters. The number of hydrogen-bond acceptors (Lipinski definition) is 3. The van der Waals surface area contributed by atoms with Crippen LogP contribution in [0.4, 0.5) is 0 Å². The Bertz CT molecular complexity index is 771. The van der Waals surface area contributed by atoms with Crippen molar-refractivity contribution in [3.63, 3.8) is 0 Å². The zero-order valence-electron chi connectivity index (χ0n) is 22.6. The lowest BCUT2D eigenvalue weighted by Crippen LogP contribution is -2.64. The molecule has 3 N–H and O–H groups in total. The first-order chi connectivity index (χ1) is 15.1. The highest BCUT2D eigenvalue weighted by atomic mass is 16.3. The van der Waals surface area contributed by atoms with E-state index in [9.17, 15) is 15.3 Å². The van der Waals surface area contributed by atoms with Gasteiger partial charge in [0, 0.05) is 0 Å². The molecule has 3 heteroatoms. The number of hydrogen-bond donors (Lipinski definition) is 3. The number of fused-ring (bicyclic) bond motifs is 5. The van der Waals surface area contributed by atoms with Crippen molar-refractivity contribution in [2.24, 2.45) is 45.3 Å². The molecule has 33 heavy (non-hydrogen) atoms. The molecule has 0 aromatic heterocycles. The topological polar surface area (TPSA) is 60.7 Å². The molecule has 0 amide bonds. The van der Waals surface area contributed by atoms with Gasteiger partial charge in [-0.05, 0) is 123 Å². The Kier molecular flexibility index (Phi) is 6.28. The van der Waals surface area contributed by atoms with Crippen LogP contribution in [0.5, 0.6) is 0 Å². The molecular weight excluding hydrogens is 408 g/mol. The zero-order chi connectivity index (χ0) is 24.6. The van der Waals surface area contributed by atoms with Crippen molar-refractivity contribution in [3.8, 4) is 0 Å². The van der Waals surface area contributed by atoms with Gasteiger partial charge in [-0.2, -0.15) is 0 Å². The number of rotatable bonds is 5. The van der Waals surface area contributed by atoms with Crippen LogP contribution in [-0.2, 0) is 0 Å². The maximum Gasteiger partial charge on any atom is 0.0745 e. The van der Waals surface area contributed by atoms with Crippen molar-refractivity contribution in [2.75, 3.05) is 0 Å². The van der Waals surface area contributed by atoms with Crippen LogP contribution < -0.4 is 0 Å². The Morgan fingerprint density at radius 3 is 2.21 bits per heavy atom. The molecule has 0 bridgehead atoms. The van der Waals surface area contributed by atoms with E-state index in [-0.39, 0.29) is 16.9 Å². The summed E-state index contributed by atoms with van der Waals surface area (Å²) in [5, 5.41) is 32.8. The maximum absolute atomic E-state index is 11.6. The molecule has 4 saturated carbocycles. The number of aliphatic hydroxyl groups excluding tert-OH is 2. The highest BCUT2D eigenvalue weighted by Gasteiger charge is 2.69. The van der Waals surface area contributed by atoms with Gasteiger partial charge < -0.3 is 15.3 Å². The largest absolute Gasteiger partial charge is 0.393 e. The minimum Gasteiger partial charge on any atom is -0.393 e. The van der Waals surface area contributed by atoms with Gasteiger partial charge in [0.2, 0.25) is 0 Å². The molecule has 0 saturated heterocycles. The summed E-state index contributed by atoms with van der Waals surface area (Å²) < 4.78 is 0. The molecule has 0 aromatic carbocycles. The summed E-state index contributed by atoms with van der Waals surface area (Å²) >= 11 is 0. The van der Waals surface area contributed by atoms with Crippen LogP contribution >= 0.6 is 0 Å². The average molecular weight is 461 g/mol. The second kappa shape index (κ2) is 8.07. The first kappa shape index (κ1) is 25.7. The van der Waals surface area contributed by atoms with E-state index in [4.69, 9.17) is 0 Å². The van der Waals surface area contributed by atoms with E-state index >= 15 is 0 Å². The van der Waals surface area contributed by atoms with E-state index in [0.29, 0.717) is 47.3 Å². The van der Waals surface area contributed by atoms with Gasteiger partial charge in [-0.1, -0.05) is 46.8 Å². The molecule has 0 aromatic rings. The van der Waals surface area contributed by atoms with Crippen molar-refractivity contribution < 1.29 is 15.3 Å². The Balaban J connectivity index is 1.59. The molecule has 4 fully saturated rings. The molecule has 4 rings (SSSR count). The second-order valence-electron chi connectivity index (χ2n) is 14.4. The summed E-state index contributed by atoms with van der Waals surface area (Å²) in [6, 6.07) is 0. The fraction of sp³-hybridized carbons (Fsp3) is 0.933. The van der Waals surface area contributed by atoms with Crippen LogP contribution in [0.3, 0.4) is 0 Å². The van der Waals surface area contributed by atoms with Crippen molar-refractivity contribution >= 4 is 0 Å². The first-order valence-corrected chi connectivity index (χ1v) is 13.8. The average Bonchev–Trinajstić information content (AvgIpc) is 3.08. The molecule has 190 valence electrons. The summed E-state index contributed by atoms with van der Waals surface area (Å²) in [5.41, 5.74) is 0.905. The van der Waals surface area contributed by atoms with Gasteiger partial charge >= 0.3 is 0 Å². The Morgan fingerprint density at radius 2 is 1.58 bits per heavy atom. The smallest absolute Gasteiger partial charge is 0.0745 e. The van der Waals surface area contributed by atoms with Crippen LogP contribution in [0, 0.1) is 45.3 Å². The van der Waals surface area contributed by atoms with Gasteiger partial charge in [0.1, 0.15) is 0 Å². The third-order valence-electron chi connectivity index (χ3n) is 12.7. The van der Waals surface area contributed by atoms with Crippen LogP contribution in [0.25, 0.3) is 0 Å². The third kappa shape index (κ3) is 3.61. The highest BCUT2D eigenvalue weighted by molar-refractivity contribution is 5.18. The summed E-state index contributed by atoms with van der Waals surface area (Å²) in [4.78, 5) is 0. The summed E-state index contributed by atoms with van der Waals surface area (Å²) in [6.45, 7) is 20.2. The lowest BCUT2D eigenvalue weighted by molar-refractivity contribution is -0.225. The second-order valence-corrected chi connectivity index (χ2v) is 14.4. The zero-order valence-corrected chi connectivity index (χ0v) is 22.6. The SMILES string of the molecule is C=C(C)[C@H](O)CC[C@](C)(O)[C@H]1CC[C@]2(C)[C@@H]1CC[C@H]1[C@@]3(C)CC[C@H](O)C(C)(C)[C@@H]3CC[C@]12C. The molecule has 0 heterocycles. The van der Waals surface area contributed by atoms with Gasteiger partial charge in [0.15, 0.2) is 0 Å². The van der Waals surface area contributed by atoms with Gasteiger partial charge in [0.25, 0.3) is 0 Å². The highest BCUT2D eigenvalue weighted by Crippen LogP contribution is 2.75. The third-order valence-corrected chi connectivity index (χ3v) is 12.7. The standard InChI is InChI=1S/C30H52O3/c1-19(2)22(31)12-18-30(8,33)21-11-16-28(6)20(21)9-10-24-27(5)15-14-25(32)26(3,4)23(27)13-17-29(24,28)7/h20-25,31-33H,1,9-18H2,2-8H3/t20-,21+,22-,23+,24+,25+,27+,28-,29-,30+/m1/s1. The minimum absolute atomic E-state index is 0.00190. The molecule has 3 nitrogen and oxygen atoms in total.